The molecule has 126 valence electrons. The Morgan fingerprint density at radius 3 is 1.91 bits per heavy atom. The fourth-order valence-electron chi connectivity index (χ4n) is 1.05. The van der Waals surface area contributed by atoms with Gasteiger partial charge in [-0.3, -0.25) is 0 Å². The highest BCUT2D eigenvalue weighted by atomic mass is 16.5. The van der Waals surface area contributed by atoms with Gasteiger partial charge in [-0.05, 0) is 12.0 Å². The molecule has 0 bridgehead atoms. The van der Waals surface area contributed by atoms with E-state index in [1.807, 2.05) is 43.3 Å². The lowest BCUT2D eigenvalue weighted by molar-refractivity contribution is -0.138. The van der Waals surface area contributed by atoms with Gasteiger partial charge < -0.3 is 9.47 Å². The molecule has 4 heteroatoms. The second-order valence-electron chi connectivity index (χ2n) is 4.07. The first-order valence-corrected chi connectivity index (χ1v) is 7.22. The highest BCUT2D eigenvalue weighted by molar-refractivity contribution is 5.81. The number of esters is 2. The predicted molar refractivity (Wildman–Crippen MR) is 94.8 cm³/mol. The van der Waals surface area contributed by atoms with Crippen molar-refractivity contribution in [2.24, 2.45) is 0 Å². The Balaban J connectivity index is 0. The minimum absolute atomic E-state index is 0.330. The van der Waals surface area contributed by atoms with Gasteiger partial charge in [0.2, 0.25) is 0 Å². The zero-order valence-electron chi connectivity index (χ0n) is 14.0. The topological polar surface area (TPSA) is 52.6 Å². The summed E-state index contributed by atoms with van der Waals surface area (Å²) >= 11 is 0. The Hall–Kier alpha value is -2.62. The van der Waals surface area contributed by atoms with Crippen LogP contribution in [0, 0.1) is 0 Å². The summed E-state index contributed by atoms with van der Waals surface area (Å²) in [6, 6.07) is 10.0. The normalized spacial score (nSPS) is 8.09. The van der Waals surface area contributed by atoms with E-state index >= 15 is 0 Å². The standard InChI is InChI=1S/C8H8.C7H12O2.C4H6O2/c1-2-8-6-4-3-5-7-8;1-3-5-6-9-7(8)4-2;1-3-4(5)6-2/h2-7H,1H2;4H,2-3,5-6H2,1H3;3H,1H2,2H3. The summed E-state index contributed by atoms with van der Waals surface area (Å²) in [7, 11) is 1.31. The number of unbranched alkanes of at least 4 members (excludes halogenated alkanes) is 1. The first kappa shape index (κ1) is 22.7. The maximum absolute atomic E-state index is 10.3. The number of hydrogen-bond acceptors (Lipinski definition) is 4. The predicted octanol–water partition coefficient (Wildman–Crippen LogP) is 4.19. The summed E-state index contributed by atoms with van der Waals surface area (Å²) in [5.74, 6) is -0.724. The summed E-state index contributed by atoms with van der Waals surface area (Å²) in [6.07, 6.45) is 6.10. The van der Waals surface area contributed by atoms with Crippen LogP contribution in [0.15, 0.2) is 62.2 Å². The number of hydrogen-bond donors (Lipinski definition) is 0. The summed E-state index contributed by atoms with van der Waals surface area (Å²) in [5, 5.41) is 0. The van der Waals surface area contributed by atoms with Gasteiger partial charge in [-0.15, -0.1) is 0 Å². The molecule has 0 aromatic heterocycles. The van der Waals surface area contributed by atoms with E-state index in [1.165, 1.54) is 18.7 Å². The van der Waals surface area contributed by atoms with E-state index in [-0.39, 0.29) is 5.97 Å². The van der Waals surface area contributed by atoms with Crippen molar-refractivity contribution < 1.29 is 19.1 Å². The number of carbonyl (C=O) groups excluding carboxylic acids is 2. The molecule has 0 spiro atoms. The summed E-state index contributed by atoms with van der Waals surface area (Å²) < 4.78 is 8.82. The first-order valence-electron chi connectivity index (χ1n) is 7.22. The van der Waals surface area contributed by atoms with Crippen molar-refractivity contribution in [2.45, 2.75) is 19.8 Å². The van der Waals surface area contributed by atoms with Crippen molar-refractivity contribution in [1.82, 2.24) is 0 Å². The van der Waals surface area contributed by atoms with E-state index in [1.54, 1.807) is 0 Å². The van der Waals surface area contributed by atoms with E-state index in [4.69, 9.17) is 0 Å². The van der Waals surface area contributed by atoms with Gasteiger partial charge in [-0.2, -0.15) is 0 Å². The van der Waals surface area contributed by atoms with E-state index in [2.05, 4.69) is 29.2 Å². The molecule has 23 heavy (non-hydrogen) atoms. The zero-order valence-corrected chi connectivity index (χ0v) is 14.0. The quantitative estimate of drug-likeness (QED) is 0.448. The number of carbonyl (C=O) groups is 2. The number of rotatable bonds is 6. The van der Waals surface area contributed by atoms with Crippen LogP contribution >= 0.6 is 0 Å². The molecule has 0 aliphatic rings. The molecule has 0 aliphatic carbocycles. The maximum Gasteiger partial charge on any atom is 0.330 e. The van der Waals surface area contributed by atoms with Gasteiger partial charge in [0.15, 0.2) is 0 Å². The lowest BCUT2D eigenvalue weighted by atomic mass is 10.2. The van der Waals surface area contributed by atoms with Crippen LogP contribution in [0.25, 0.3) is 6.08 Å². The Morgan fingerprint density at radius 1 is 1.04 bits per heavy atom. The molecule has 1 aromatic carbocycles. The second kappa shape index (κ2) is 17.4. The van der Waals surface area contributed by atoms with Gasteiger partial charge in [0, 0.05) is 12.2 Å². The van der Waals surface area contributed by atoms with E-state index in [0.717, 1.165) is 18.9 Å². The minimum Gasteiger partial charge on any atom is -0.466 e. The lowest BCUT2D eigenvalue weighted by Gasteiger charge is -1.97. The third kappa shape index (κ3) is 17.3. The highest BCUT2D eigenvalue weighted by Gasteiger charge is 1.91. The number of methoxy groups -OCH3 is 1. The van der Waals surface area contributed by atoms with Gasteiger partial charge in [0.05, 0.1) is 13.7 Å². The van der Waals surface area contributed by atoms with E-state index in [0.29, 0.717) is 6.61 Å². The average Bonchev–Trinajstić information content (AvgIpc) is 2.62. The molecule has 0 amide bonds. The molecule has 0 saturated heterocycles. The summed E-state index contributed by atoms with van der Waals surface area (Å²) in [4.78, 5) is 20.2. The molecule has 4 nitrogen and oxygen atoms in total. The molecule has 0 aliphatic heterocycles. The van der Waals surface area contributed by atoms with Crippen LogP contribution in [-0.2, 0) is 19.1 Å². The smallest absolute Gasteiger partial charge is 0.330 e. The molecular formula is C19H26O4. The van der Waals surface area contributed by atoms with E-state index in [9.17, 15) is 9.59 Å². The van der Waals surface area contributed by atoms with E-state index < -0.39 is 5.97 Å². The van der Waals surface area contributed by atoms with Gasteiger partial charge in [-0.1, -0.05) is 69.5 Å². The van der Waals surface area contributed by atoms with Crippen LogP contribution in [-0.4, -0.2) is 25.7 Å². The van der Waals surface area contributed by atoms with Crippen LogP contribution in [0.5, 0.6) is 0 Å². The lowest BCUT2D eigenvalue weighted by Crippen LogP contribution is -2.00. The summed E-state index contributed by atoms with van der Waals surface area (Å²) in [5.41, 5.74) is 1.17. The Labute approximate surface area is 139 Å². The van der Waals surface area contributed by atoms with Gasteiger partial charge >= 0.3 is 11.9 Å². The largest absolute Gasteiger partial charge is 0.466 e. The van der Waals surface area contributed by atoms with Crippen molar-refractivity contribution in [2.75, 3.05) is 13.7 Å². The molecule has 0 N–H and O–H groups in total. The van der Waals surface area contributed by atoms with Gasteiger partial charge in [0.1, 0.15) is 0 Å². The molecule has 0 atom stereocenters. The average molecular weight is 318 g/mol. The van der Waals surface area contributed by atoms with Crippen molar-refractivity contribution >= 4 is 18.0 Å². The van der Waals surface area contributed by atoms with Gasteiger partial charge in [-0.25, -0.2) is 9.59 Å². The monoisotopic (exact) mass is 318 g/mol. The minimum atomic E-state index is -0.394. The second-order valence-corrected chi connectivity index (χ2v) is 4.07. The Morgan fingerprint density at radius 2 is 1.61 bits per heavy atom. The highest BCUT2D eigenvalue weighted by Crippen LogP contribution is 1.97. The third-order valence-electron chi connectivity index (χ3n) is 2.31. The molecule has 0 heterocycles. The maximum atomic E-state index is 10.3. The fourth-order valence-corrected chi connectivity index (χ4v) is 1.05. The molecule has 0 radical (unpaired) electrons. The van der Waals surface area contributed by atoms with Crippen molar-refractivity contribution in [3.63, 3.8) is 0 Å². The molecule has 0 fully saturated rings. The molecular weight excluding hydrogens is 292 g/mol. The van der Waals surface area contributed by atoms with Crippen molar-refractivity contribution in [3.05, 3.63) is 67.8 Å². The fraction of sp³-hybridized carbons (Fsp3) is 0.263. The van der Waals surface area contributed by atoms with Crippen LogP contribution < -0.4 is 0 Å². The molecule has 1 aromatic rings. The van der Waals surface area contributed by atoms with Crippen LogP contribution in [0.2, 0.25) is 0 Å². The van der Waals surface area contributed by atoms with Crippen molar-refractivity contribution in [3.8, 4) is 0 Å². The molecule has 0 unspecified atom stereocenters. The first-order chi connectivity index (χ1) is 11.0. The van der Waals surface area contributed by atoms with Crippen LogP contribution in [0.1, 0.15) is 25.3 Å². The molecule has 0 saturated carbocycles. The van der Waals surface area contributed by atoms with Gasteiger partial charge in [0.25, 0.3) is 0 Å². The SMILES string of the molecule is C=CC(=O)OC.C=CC(=O)OCCCC.C=Cc1ccccc1. The van der Waals surface area contributed by atoms with Crippen LogP contribution in [0.3, 0.4) is 0 Å². The van der Waals surface area contributed by atoms with Crippen LogP contribution in [0.4, 0.5) is 0 Å². The summed E-state index contributed by atoms with van der Waals surface area (Å²) in [6.45, 7) is 12.6. The Kier molecular flexibility index (Phi) is 17.2. The molecule has 1 rings (SSSR count). The van der Waals surface area contributed by atoms with Crippen molar-refractivity contribution in [1.29, 1.82) is 0 Å². The third-order valence-corrected chi connectivity index (χ3v) is 2.31. The number of ether oxygens (including phenoxy) is 2. The number of benzene rings is 1. The zero-order chi connectivity index (χ0) is 17.9. The Bertz CT molecular complexity index is 464.